The number of methoxy groups -OCH3 is 1. The lowest BCUT2D eigenvalue weighted by Crippen LogP contribution is -2.43. The highest BCUT2D eigenvalue weighted by Crippen LogP contribution is 2.32. The molecule has 7 nitrogen and oxygen atoms in total. The first-order chi connectivity index (χ1) is 13.8. The number of aryl methyl sites for hydroxylation is 1. The van der Waals surface area contributed by atoms with E-state index in [0.717, 1.165) is 4.88 Å². The van der Waals surface area contributed by atoms with E-state index in [0.29, 0.717) is 47.4 Å². The number of anilines is 1. The van der Waals surface area contributed by atoms with Gasteiger partial charge in [0.25, 0.3) is 10.0 Å². The molecule has 1 saturated heterocycles. The number of benzene rings is 1. The molecule has 0 spiro atoms. The van der Waals surface area contributed by atoms with Crippen LogP contribution in [0.25, 0.3) is 0 Å². The quantitative estimate of drug-likeness (QED) is 0.715. The fraction of sp³-hybridized carbons (Fsp3) is 0.450. The van der Waals surface area contributed by atoms with Gasteiger partial charge >= 0.3 is 0 Å². The third-order valence-corrected chi connectivity index (χ3v) is 8.13. The lowest BCUT2D eigenvalue weighted by atomic mass is 9.98. The van der Waals surface area contributed by atoms with Gasteiger partial charge in [-0.25, -0.2) is 8.42 Å². The third-order valence-electron chi connectivity index (χ3n) is 4.80. The number of hydrogen-bond acceptors (Lipinski definition) is 6. The first-order valence-electron chi connectivity index (χ1n) is 9.53. The van der Waals surface area contributed by atoms with Crippen molar-refractivity contribution < 1.29 is 22.7 Å². The summed E-state index contributed by atoms with van der Waals surface area (Å²) in [5, 5.41) is 2.88. The molecule has 1 unspecified atom stereocenters. The van der Waals surface area contributed by atoms with Gasteiger partial charge in [0, 0.05) is 29.7 Å². The highest BCUT2D eigenvalue weighted by Gasteiger charge is 2.34. The molecule has 2 aromatic rings. The van der Waals surface area contributed by atoms with Gasteiger partial charge in [0.1, 0.15) is 4.21 Å². The van der Waals surface area contributed by atoms with Crippen LogP contribution in [0.4, 0.5) is 5.69 Å². The van der Waals surface area contributed by atoms with Gasteiger partial charge in [-0.05, 0) is 51.0 Å². The topological polar surface area (TPSA) is 84.9 Å². The van der Waals surface area contributed by atoms with Crippen molar-refractivity contribution >= 4 is 33.0 Å². The van der Waals surface area contributed by atoms with Crippen molar-refractivity contribution in [1.82, 2.24) is 4.31 Å². The Balaban J connectivity index is 1.70. The Hall–Kier alpha value is -2.10. The number of piperidine rings is 1. The normalized spacial score (nSPS) is 17.7. The second-order valence-corrected chi connectivity index (χ2v) is 10.3. The molecule has 1 aliphatic heterocycles. The molecule has 1 fully saturated rings. The van der Waals surface area contributed by atoms with Crippen molar-refractivity contribution in [2.75, 3.05) is 32.1 Å². The second kappa shape index (κ2) is 9.15. The predicted octanol–water partition coefficient (Wildman–Crippen LogP) is 3.50. The Morgan fingerprint density at radius 3 is 2.72 bits per heavy atom. The molecule has 2 heterocycles. The Morgan fingerprint density at radius 2 is 2.07 bits per heavy atom. The zero-order valence-corrected chi connectivity index (χ0v) is 18.4. The lowest BCUT2D eigenvalue weighted by molar-refractivity contribution is -0.120. The van der Waals surface area contributed by atoms with Crippen LogP contribution < -0.4 is 14.8 Å². The van der Waals surface area contributed by atoms with E-state index < -0.39 is 15.9 Å². The number of carbonyl (C=O) groups is 1. The summed E-state index contributed by atoms with van der Waals surface area (Å²) in [6.07, 6.45) is 1.30. The maximum Gasteiger partial charge on any atom is 0.252 e. The van der Waals surface area contributed by atoms with Crippen molar-refractivity contribution in [3.63, 3.8) is 0 Å². The molecule has 0 bridgehead atoms. The number of amides is 1. The number of sulfonamides is 1. The van der Waals surface area contributed by atoms with Gasteiger partial charge in [-0.15, -0.1) is 11.3 Å². The van der Waals surface area contributed by atoms with Crippen molar-refractivity contribution in [2.24, 2.45) is 5.92 Å². The third kappa shape index (κ3) is 4.91. The average Bonchev–Trinajstić information content (AvgIpc) is 3.16. The summed E-state index contributed by atoms with van der Waals surface area (Å²) in [6, 6.07) is 8.62. The number of ether oxygens (including phenoxy) is 2. The molecular weight excluding hydrogens is 412 g/mol. The number of carbonyl (C=O) groups excluding carboxylic acids is 1. The molecular formula is C20H26N2O5S2. The van der Waals surface area contributed by atoms with Gasteiger partial charge in [-0.1, -0.05) is 0 Å². The van der Waals surface area contributed by atoms with Crippen molar-refractivity contribution in [2.45, 2.75) is 30.9 Å². The molecule has 1 aromatic carbocycles. The molecule has 1 aromatic heterocycles. The van der Waals surface area contributed by atoms with Gasteiger partial charge in [-0.2, -0.15) is 4.31 Å². The summed E-state index contributed by atoms with van der Waals surface area (Å²) in [4.78, 5) is 13.7. The lowest BCUT2D eigenvalue weighted by Gasteiger charge is -2.30. The largest absolute Gasteiger partial charge is 0.493 e. The van der Waals surface area contributed by atoms with Crippen LogP contribution in [0.15, 0.2) is 34.5 Å². The minimum atomic E-state index is -3.57. The Bertz CT molecular complexity index is 971. The Labute approximate surface area is 175 Å². The smallest absolute Gasteiger partial charge is 0.252 e. The van der Waals surface area contributed by atoms with Crippen LogP contribution in [0, 0.1) is 12.8 Å². The number of nitrogens with one attached hydrogen (secondary N) is 1. The number of nitrogens with zero attached hydrogens (tertiary/aromatic N) is 1. The van der Waals surface area contributed by atoms with Gasteiger partial charge in [0.15, 0.2) is 11.5 Å². The second-order valence-electron chi connectivity index (χ2n) is 6.86. The van der Waals surface area contributed by atoms with Crippen LogP contribution in [0.3, 0.4) is 0 Å². The van der Waals surface area contributed by atoms with E-state index in [-0.39, 0.29) is 12.5 Å². The molecule has 3 rings (SSSR count). The van der Waals surface area contributed by atoms with Crippen LogP contribution in [0.2, 0.25) is 0 Å². The number of hydrogen-bond donors (Lipinski definition) is 1. The van der Waals surface area contributed by atoms with Gasteiger partial charge in [0.05, 0.1) is 19.6 Å². The minimum Gasteiger partial charge on any atom is -0.493 e. The van der Waals surface area contributed by atoms with E-state index in [1.165, 1.54) is 15.6 Å². The molecule has 9 heteroatoms. The molecule has 1 atom stereocenters. The Kier molecular flexibility index (Phi) is 6.81. The van der Waals surface area contributed by atoms with E-state index in [4.69, 9.17) is 9.47 Å². The first kappa shape index (κ1) is 21.6. The molecule has 158 valence electrons. The fourth-order valence-corrected chi connectivity index (χ4v) is 6.28. The first-order valence-corrected chi connectivity index (χ1v) is 11.8. The fourth-order valence-electron chi connectivity index (χ4n) is 3.32. The van der Waals surface area contributed by atoms with Gasteiger partial charge in [0.2, 0.25) is 5.91 Å². The highest BCUT2D eigenvalue weighted by atomic mass is 32.2. The van der Waals surface area contributed by atoms with E-state index in [1.807, 2.05) is 13.8 Å². The molecule has 1 aliphatic rings. The van der Waals surface area contributed by atoms with E-state index >= 15 is 0 Å². The monoisotopic (exact) mass is 438 g/mol. The summed E-state index contributed by atoms with van der Waals surface area (Å²) in [6.45, 7) is 4.88. The van der Waals surface area contributed by atoms with Crippen LogP contribution in [0.5, 0.6) is 11.5 Å². The van der Waals surface area contributed by atoms with E-state index in [1.54, 1.807) is 37.4 Å². The van der Waals surface area contributed by atoms with E-state index in [9.17, 15) is 13.2 Å². The molecule has 0 saturated carbocycles. The molecule has 1 N–H and O–H groups in total. The summed E-state index contributed by atoms with van der Waals surface area (Å²) >= 11 is 1.25. The summed E-state index contributed by atoms with van der Waals surface area (Å²) in [5.74, 6) is 0.537. The molecule has 0 radical (unpaired) electrons. The predicted molar refractivity (Wildman–Crippen MR) is 113 cm³/mol. The average molecular weight is 439 g/mol. The number of thiophene rings is 1. The van der Waals surface area contributed by atoms with Crippen molar-refractivity contribution in [1.29, 1.82) is 0 Å². The molecule has 1 amide bonds. The van der Waals surface area contributed by atoms with Crippen molar-refractivity contribution in [3.05, 3.63) is 35.2 Å². The SMILES string of the molecule is CCOc1ccc(NC(=O)C2CCCN(S(=O)(=O)c3ccc(C)s3)C2)cc1OC. The zero-order chi connectivity index (χ0) is 21.0. The van der Waals surface area contributed by atoms with Gasteiger partial charge in [-0.3, -0.25) is 4.79 Å². The maximum absolute atomic E-state index is 12.9. The van der Waals surface area contributed by atoms with Gasteiger partial charge < -0.3 is 14.8 Å². The molecule has 29 heavy (non-hydrogen) atoms. The van der Waals surface area contributed by atoms with E-state index in [2.05, 4.69) is 5.32 Å². The standard InChI is InChI=1S/C20H26N2O5S2/c1-4-27-17-9-8-16(12-18(17)26-3)21-20(23)15-6-5-11-22(13-15)29(24,25)19-10-7-14(2)28-19/h7-10,12,15H,4-6,11,13H2,1-3H3,(H,21,23). The summed E-state index contributed by atoms with van der Waals surface area (Å²) < 4.78 is 38.3. The highest BCUT2D eigenvalue weighted by molar-refractivity contribution is 7.91. The van der Waals surface area contributed by atoms with Crippen LogP contribution in [-0.4, -0.2) is 45.4 Å². The van der Waals surface area contributed by atoms with Crippen LogP contribution in [0.1, 0.15) is 24.6 Å². The Morgan fingerprint density at radius 1 is 1.28 bits per heavy atom. The van der Waals surface area contributed by atoms with Crippen LogP contribution in [-0.2, 0) is 14.8 Å². The van der Waals surface area contributed by atoms with Crippen molar-refractivity contribution in [3.8, 4) is 11.5 Å². The van der Waals surface area contributed by atoms with Crippen LogP contribution >= 0.6 is 11.3 Å². The summed E-state index contributed by atoms with van der Waals surface area (Å²) in [7, 11) is -2.03. The molecule has 0 aliphatic carbocycles. The maximum atomic E-state index is 12.9. The summed E-state index contributed by atoms with van der Waals surface area (Å²) in [5.41, 5.74) is 0.587. The number of rotatable bonds is 7. The minimum absolute atomic E-state index is 0.180. The zero-order valence-electron chi connectivity index (χ0n) is 16.8.